The van der Waals surface area contributed by atoms with Gasteiger partial charge in [0, 0.05) is 24.9 Å². The monoisotopic (exact) mass is 503 g/mol. The summed E-state index contributed by atoms with van der Waals surface area (Å²) in [6.45, 7) is 6.07. The molecule has 1 aliphatic carbocycles. The van der Waals surface area contributed by atoms with E-state index in [2.05, 4.69) is 11.9 Å². The number of amides is 1. The van der Waals surface area contributed by atoms with E-state index in [0.717, 1.165) is 69.8 Å². The summed E-state index contributed by atoms with van der Waals surface area (Å²) >= 11 is 0. The van der Waals surface area contributed by atoms with Crippen LogP contribution in [0.1, 0.15) is 97.0 Å². The molecule has 1 saturated carbocycles. The Balaban J connectivity index is 1.75. The van der Waals surface area contributed by atoms with Crippen LogP contribution in [-0.2, 0) is 20.9 Å². The second-order valence-electron chi connectivity index (χ2n) is 10.2. The van der Waals surface area contributed by atoms with Crippen molar-refractivity contribution in [1.82, 2.24) is 4.90 Å². The fourth-order valence-electron chi connectivity index (χ4n) is 4.89. The van der Waals surface area contributed by atoms with Gasteiger partial charge in [-0.25, -0.2) is 9.79 Å². The zero-order chi connectivity index (χ0) is 26.1. The summed E-state index contributed by atoms with van der Waals surface area (Å²) in [7, 11) is 0. The van der Waals surface area contributed by atoms with Crippen molar-refractivity contribution >= 4 is 23.5 Å². The standard InChI is InChI=1S/C27H43N4O5/c1-4-5-6-7-11-14-25(32)31(34,22-12-9-8-10-13-22)36-23-15-16-24-21(17-23)18-30(27(28)29-24)19-26(33)35-20(2)3/h15-17,20,22,34H,4-14,18-19H2,1-3H3,(H2,28,29)/q+1. The van der Waals surface area contributed by atoms with Crippen molar-refractivity contribution in [3.8, 4) is 5.75 Å². The molecule has 1 aromatic rings. The summed E-state index contributed by atoms with van der Waals surface area (Å²) in [5.74, 6) is -0.0468. The Kier molecular flexibility index (Phi) is 10.1. The number of hydroxylamine groups is 4. The SMILES string of the molecule is CCCCCCCC(=O)[N+](O)(Oc1ccc2c(c1)CN(CC(=O)OC(C)C)C(N)=N2)C1CCCCC1. The molecule has 1 aliphatic heterocycles. The van der Waals surface area contributed by atoms with Crippen LogP contribution >= 0.6 is 0 Å². The van der Waals surface area contributed by atoms with Crippen molar-refractivity contribution < 1.29 is 29.2 Å². The quantitative estimate of drug-likeness (QED) is 0.134. The zero-order valence-electron chi connectivity index (χ0n) is 22.1. The van der Waals surface area contributed by atoms with Crippen LogP contribution < -0.4 is 10.6 Å². The van der Waals surface area contributed by atoms with Crippen LogP contribution in [0.25, 0.3) is 0 Å². The molecule has 9 heteroatoms. The molecule has 0 bridgehead atoms. The fraction of sp³-hybridized carbons (Fsp3) is 0.667. The van der Waals surface area contributed by atoms with Crippen molar-refractivity contribution in [2.75, 3.05) is 6.54 Å². The first kappa shape index (κ1) is 27.9. The topological polar surface area (TPSA) is 114 Å². The maximum atomic E-state index is 13.3. The average molecular weight is 504 g/mol. The Morgan fingerprint density at radius 3 is 2.58 bits per heavy atom. The number of carbonyl (C=O) groups excluding carboxylic acids is 2. The second kappa shape index (κ2) is 13.1. The van der Waals surface area contributed by atoms with E-state index in [1.165, 1.54) is 0 Å². The van der Waals surface area contributed by atoms with Crippen LogP contribution in [0.2, 0.25) is 0 Å². The first-order chi connectivity index (χ1) is 17.2. The third-order valence-corrected chi connectivity index (χ3v) is 6.82. The number of hydrogen-bond acceptors (Lipinski definition) is 8. The number of carbonyl (C=O) groups is 2. The minimum atomic E-state index is -1.01. The van der Waals surface area contributed by atoms with Gasteiger partial charge in [-0.1, -0.05) is 39.0 Å². The molecule has 1 unspecified atom stereocenters. The number of esters is 1. The molecule has 36 heavy (non-hydrogen) atoms. The molecule has 0 saturated heterocycles. The molecule has 1 atom stereocenters. The van der Waals surface area contributed by atoms with Gasteiger partial charge in [-0.15, -0.1) is 0 Å². The van der Waals surface area contributed by atoms with Crippen LogP contribution in [-0.4, -0.2) is 51.4 Å². The third-order valence-electron chi connectivity index (χ3n) is 6.82. The molecular weight excluding hydrogens is 460 g/mol. The lowest BCUT2D eigenvalue weighted by Crippen LogP contribution is -2.59. The first-order valence-electron chi connectivity index (χ1n) is 13.5. The van der Waals surface area contributed by atoms with Crippen molar-refractivity contribution in [3.05, 3.63) is 23.8 Å². The number of rotatable bonds is 12. The van der Waals surface area contributed by atoms with E-state index in [1.54, 1.807) is 36.9 Å². The highest BCUT2D eigenvalue weighted by Crippen LogP contribution is 2.34. The Morgan fingerprint density at radius 2 is 1.89 bits per heavy atom. The number of benzene rings is 1. The number of fused-ring (bicyclic) bond motifs is 1. The van der Waals surface area contributed by atoms with Crippen LogP contribution in [0, 0.1) is 0 Å². The molecule has 0 spiro atoms. The van der Waals surface area contributed by atoms with Gasteiger partial charge in [0.25, 0.3) is 0 Å². The van der Waals surface area contributed by atoms with E-state index in [1.807, 2.05) is 0 Å². The van der Waals surface area contributed by atoms with E-state index in [9.17, 15) is 14.8 Å². The number of aliphatic imine (C=N–C) groups is 1. The highest BCUT2D eigenvalue weighted by Gasteiger charge is 2.48. The molecule has 3 N–H and O–H groups in total. The summed E-state index contributed by atoms with van der Waals surface area (Å²) in [5, 5.41) is 11.6. The van der Waals surface area contributed by atoms with Crippen molar-refractivity contribution in [1.29, 1.82) is 0 Å². The molecule has 1 aromatic carbocycles. The lowest BCUT2D eigenvalue weighted by atomic mass is 9.94. The number of nitrogens with zero attached hydrogens (tertiary/aromatic N) is 3. The van der Waals surface area contributed by atoms with Crippen molar-refractivity contribution in [2.24, 2.45) is 10.7 Å². The Labute approximate surface area is 214 Å². The third kappa shape index (κ3) is 7.43. The lowest BCUT2D eigenvalue weighted by Gasteiger charge is -2.34. The minimum Gasteiger partial charge on any atom is -0.462 e. The smallest absolute Gasteiger partial charge is 0.388 e. The molecule has 2 aliphatic rings. The largest absolute Gasteiger partial charge is 0.462 e. The Bertz CT molecular complexity index is 929. The maximum Gasteiger partial charge on any atom is 0.388 e. The number of guanidine groups is 1. The van der Waals surface area contributed by atoms with E-state index in [4.69, 9.17) is 15.3 Å². The molecular formula is C27H43N4O5+. The lowest BCUT2D eigenvalue weighted by molar-refractivity contribution is -1.18. The van der Waals surface area contributed by atoms with Crippen LogP contribution in [0.15, 0.2) is 23.2 Å². The van der Waals surface area contributed by atoms with Gasteiger partial charge in [-0.3, -0.25) is 9.63 Å². The van der Waals surface area contributed by atoms with Crippen LogP contribution in [0.4, 0.5) is 5.69 Å². The van der Waals surface area contributed by atoms with Crippen molar-refractivity contribution in [2.45, 2.75) is 110 Å². The molecule has 0 aromatic heterocycles. The molecule has 9 nitrogen and oxygen atoms in total. The van der Waals surface area contributed by atoms with Gasteiger partial charge >= 0.3 is 11.9 Å². The summed E-state index contributed by atoms with van der Waals surface area (Å²) < 4.78 is 5.24. The van der Waals surface area contributed by atoms with Gasteiger partial charge < -0.3 is 15.4 Å². The van der Waals surface area contributed by atoms with Crippen LogP contribution in [0.3, 0.4) is 0 Å². The number of ether oxygens (including phenoxy) is 1. The molecule has 1 amide bonds. The zero-order valence-corrected chi connectivity index (χ0v) is 22.1. The van der Waals surface area contributed by atoms with E-state index < -0.39 is 4.81 Å². The number of unbranched alkanes of at least 4 members (excludes halogenated alkanes) is 4. The Hall–Kier alpha value is -2.65. The molecule has 200 valence electrons. The maximum absolute atomic E-state index is 13.3. The predicted octanol–water partition coefficient (Wildman–Crippen LogP) is 5.12. The van der Waals surface area contributed by atoms with Crippen molar-refractivity contribution in [3.63, 3.8) is 0 Å². The number of quaternary nitrogens is 1. The summed E-state index contributed by atoms with van der Waals surface area (Å²) in [4.78, 5) is 36.6. The average Bonchev–Trinajstić information content (AvgIpc) is 2.84. The molecule has 0 radical (unpaired) electrons. The van der Waals surface area contributed by atoms with E-state index >= 15 is 0 Å². The van der Waals surface area contributed by atoms with E-state index in [0.29, 0.717) is 18.0 Å². The van der Waals surface area contributed by atoms with Gasteiger partial charge in [0.15, 0.2) is 17.8 Å². The van der Waals surface area contributed by atoms with Crippen LogP contribution in [0.5, 0.6) is 5.75 Å². The van der Waals surface area contributed by atoms with Gasteiger partial charge in [0.2, 0.25) is 0 Å². The van der Waals surface area contributed by atoms with E-state index in [-0.39, 0.29) is 42.9 Å². The molecule has 3 rings (SSSR count). The Morgan fingerprint density at radius 1 is 1.17 bits per heavy atom. The van der Waals surface area contributed by atoms with Gasteiger partial charge in [-0.05, 0) is 51.3 Å². The highest BCUT2D eigenvalue weighted by atomic mass is 16.9. The number of hydrogen-bond donors (Lipinski definition) is 2. The fourth-order valence-corrected chi connectivity index (χ4v) is 4.89. The van der Waals surface area contributed by atoms with Gasteiger partial charge in [0.05, 0.1) is 23.0 Å². The summed E-state index contributed by atoms with van der Waals surface area (Å²) in [5.41, 5.74) is 7.54. The second-order valence-corrected chi connectivity index (χ2v) is 10.2. The van der Waals surface area contributed by atoms with Gasteiger partial charge in [0.1, 0.15) is 6.54 Å². The first-order valence-corrected chi connectivity index (χ1v) is 13.5. The predicted molar refractivity (Wildman–Crippen MR) is 137 cm³/mol. The number of nitrogens with two attached hydrogens (primary N) is 1. The minimum absolute atomic E-state index is 0.0172. The van der Waals surface area contributed by atoms with Gasteiger partial charge in [-0.2, -0.15) is 5.21 Å². The highest BCUT2D eigenvalue weighted by molar-refractivity contribution is 5.87. The summed E-state index contributed by atoms with van der Waals surface area (Å²) in [6, 6.07) is 4.96. The normalized spacial score (nSPS) is 17.8. The molecule has 1 heterocycles. The summed E-state index contributed by atoms with van der Waals surface area (Å²) in [6.07, 6.45) is 9.71. The molecule has 1 fully saturated rings.